The highest BCUT2D eigenvalue weighted by Crippen LogP contribution is 2.41. The summed E-state index contributed by atoms with van der Waals surface area (Å²) < 4.78 is 0. The number of nitrogens with one attached hydrogen (secondary N) is 1. The molecule has 0 aromatic carbocycles. The molecule has 1 aliphatic heterocycles. The number of thioether (sulfide) groups is 1. The van der Waals surface area contributed by atoms with Crippen LogP contribution >= 0.6 is 11.8 Å². The van der Waals surface area contributed by atoms with Gasteiger partial charge in [0, 0.05) is 31.2 Å². The van der Waals surface area contributed by atoms with Crippen LogP contribution in [0, 0.1) is 17.8 Å². The monoisotopic (exact) mass is 284 g/mol. The van der Waals surface area contributed by atoms with Gasteiger partial charge < -0.3 is 5.32 Å². The summed E-state index contributed by atoms with van der Waals surface area (Å²) in [5.41, 5.74) is 0.379. The predicted molar refractivity (Wildman–Crippen MR) is 86.9 cm³/mol. The van der Waals surface area contributed by atoms with Crippen LogP contribution in [0.4, 0.5) is 0 Å². The van der Waals surface area contributed by atoms with E-state index in [9.17, 15) is 0 Å². The lowest BCUT2D eigenvalue weighted by Gasteiger charge is -2.49. The first-order valence-corrected chi connectivity index (χ1v) is 9.33. The minimum Gasteiger partial charge on any atom is -0.308 e. The molecule has 2 rings (SSSR count). The van der Waals surface area contributed by atoms with Gasteiger partial charge in [-0.1, -0.05) is 20.8 Å². The van der Waals surface area contributed by atoms with Gasteiger partial charge in [-0.25, -0.2) is 0 Å². The SMILES string of the molecule is CSCC(C)CN1CC(C)(C2CC2)NCC1C(C)C. The molecule has 0 amide bonds. The van der Waals surface area contributed by atoms with Crippen LogP contribution in [0.1, 0.15) is 40.5 Å². The number of rotatable bonds is 6. The molecule has 3 unspecified atom stereocenters. The molecular weight excluding hydrogens is 252 g/mol. The van der Waals surface area contributed by atoms with Crippen molar-refractivity contribution in [3.05, 3.63) is 0 Å². The Labute approximate surface area is 124 Å². The minimum atomic E-state index is 0.379. The van der Waals surface area contributed by atoms with Crippen LogP contribution in [-0.4, -0.2) is 48.1 Å². The summed E-state index contributed by atoms with van der Waals surface area (Å²) in [5, 5.41) is 3.88. The Hall–Kier alpha value is 0.270. The fourth-order valence-corrected chi connectivity index (χ4v) is 4.33. The zero-order valence-corrected chi connectivity index (χ0v) is 14.2. The minimum absolute atomic E-state index is 0.379. The quantitative estimate of drug-likeness (QED) is 0.807. The Kier molecular flexibility index (Phi) is 5.24. The molecule has 2 aliphatic rings. The lowest BCUT2D eigenvalue weighted by molar-refractivity contribution is 0.0442. The van der Waals surface area contributed by atoms with Crippen molar-refractivity contribution in [2.24, 2.45) is 17.8 Å². The van der Waals surface area contributed by atoms with Gasteiger partial charge in [0.1, 0.15) is 0 Å². The van der Waals surface area contributed by atoms with Gasteiger partial charge >= 0.3 is 0 Å². The van der Waals surface area contributed by atoms with E-state index in [4.69, 9.17) is 0 Å². The molecule has 1 saturated carbocycles. The van der Waals surface area contributed by atoms with E-state index in [1.807, 2.05) is 11.8 Å². The lowest BCUT2D eigenvalue weighted by Crippen LogP contribution is -2.65. The molecule has 112 valence electrons. The molecule has 1 saturated heterocycles. The first-order chi connectivity index (χ1) is 8.96. The molecule has 0 radical (unpaired) electrons. The molecule has 0 bridgehead atoms. The van der Waals surface area contributed by atoms with Gasteiger partial charge in [-0.15, -0.1) is 0 Å². The maximum absolute atomic E-state index is 3.88. The summed E-state index contributed by atoms with van der Waals surface area (Å²) in [6.07, 6.45) is 5.09. The van der Waals surface area contributed by atoms with Crippen molar-refractivity contribution < 1.29 is 0 Å². The van der Waals surface area contributed by atoms with Crippen molar-refractivity contribution in [3.63, 3.8) is 0 Å². The van der Waals surface area contributed by atoms with E-state index in [1.165, 1.54) is 38.2 Å². The van der Waals surface area contributed by atoms with Gasteiger partial charge in [-0.2, -0.15) is 11.8 Å². The first kappa shape index (κ1) is 15.7. The topological polar surface area (TPSA) is 15.3 Å². The highest BCUT2D eigenvalue weighted by Gasteiger charge is 2.46. The normalized spacial score (nSPS) is 34.7. The Morgan fingerprint density at radius 3 is 2.53 bits per heavy atom. The van der Waals surface area contributed by atoms with Crippen molar-refractivity contribution in [1.82, 2.24) is 10.2 Å². The fraction of sp³-hybridized carbons (Fsp3) is 1.00. The molecule has 1 heterocycles. The standard InChI is InChI=1S/C16H32N2S/c1-12(2)15-8-17-16(4,14-6-7-14)11-18(15)9-13(3)10-19-5/h12-15,17H,6-11H2,1-5H3. The fourth-order valence-electron chi connectivity index (χ4n) is 3.65. The number of hydrogen-bond donors (Lipinski definition) is 1. The smallest absolute Gasteiger partial charge is 0.0309 e. The molecule has 1 aliphatic carbocycles. The molecule has 2 fully saturated rings. The lowest BCUT2D eigenvalue weighted by atomic mass is 9.87. The van der Waals surface area contributed by atoms with E-state index >= 15 is 0 Å². The van der Waals surface area contributed by atoms with E-state index in [0.29, 0.717) is 5.54 Å². The second kappa shape index (κ2) is 6.36. The Morgan fingerprint density at radius 2 is 2.00 bits per heavy atom. The van der Waals surface area contributed by atoms with Crippen LogP contribution in [0.3, 0.4) is 0 Å². The predicted octanol–water partition coefficient (Wildman–Crippen LogP) is 3.08. The summed E-state index contributed by atoms with van der Waals surface area (Å²) in [6, 6.07) is 0.719. The number of nitrogens with zero attached hydrogens (tertiary/aromatic N) is 1. The van der Waals surface area contributed by atoms with E-state index < -0.39 is 0 Å². The Balaban J connectivity index is 1.99. The van der Waals surface area contributed by atoms with Crippen LogP contribution in [0.25, 0.3) is 0 Å². The molecule has 19 heavy (non-hydrogen) atoms. The Bertz CT molecular complexity index is 290. The summed E-state index contributed by atoms with van der Waals surface area (Å²) in [5.74, 6) is 3.77. The zero-order chi connectivity index (χ0) is 14.0. The van der Waals surface area contributed by atoms with Crippen LogP contribution in [0.2, 0.25) is 0 Å². The van der Waals surface area contributed by atoms with Crippen LogP contribution in [0.15, 0.2) is 0 Å². The van der Waals surface area contributed by atoms with E-state index in [1.54, 1.807) is 0 Å². The van der Waals surface area contributed by atoms with Gasteiger partial charge in [0.25, 0.3) is 0 Å². The zero-order valence-electron chi connectivity index (χ0n) is 13.4. The molecule has 2 nitrogen and oxygen atoms in total. The van der Waals surface area contributed by atoms with Crippen molar-refractivity contribution in [3.8, 4) is 0 Å². The van der Waals surface area contributed by atoms with Crippen molar-refractivity contribution in [1.29, 1.82) is 0 Å². The van der Waals surface area contributed by atoms with Crippen LogP contribution in [-0.2, 0) is 0 Å². The third kappa shape index (κ3) is 3.89. The molecule has 1 N–H and O–H groups in total. The third-order valence-corrected chi connectivity index (χ3v) is 5.86. The van der Waals surface area contributed by atoms with Gasteiger partial charge in [0.15, 0.2) is 0 Å². The van der Waals surface area contributed by atoms with Gasteiger partial charge in [0.2, 0.25) is 0 Å². The van der Waals surface area contributed by atoms with Crippen LogP contribution in [0.5, 0.6) is 0 Å². The highest BCUT2D eigenvalue weighted by atomic mass is 32.2. The van der Waals surface area contributed by atoms with E-state index in [0.717, 1.165) is 23.8 Å². The number of piperazine rings is 1. The molecule has 3 atom stereocenters. The van der Waals surface area contributed by atoms with E-state index in [2.05, 4.69) is 44.2 Å². The average Bonchev–Trinajstić information content (AvgIpc) is 3.12. The first-order valence-electron chi connectivity index (χ1n) is 7.94. The maximum Gasteiger partial charge on any atom is 0.0309 e. The van der Waals surface area contributed by atoms with Gasteiger partial charge in [0.05, 0.1) is 0 Å². The van der Waals surface area contributed by atoms with Crippen molar-refractivity contribution in [2.45, 2.75) is 52.1 Å². The molecule has 0 spiro atoms. The second-order valence-electron chi connectivity index (χ2n) is 7.37. The Morgan fingerprint density at radius 1 is 1.32 bits per heavy atom. The average molecular weight is 285 g/mol. The summed E-state index contributed by atoms with van der Waals surface area (Å²) in [6.45, 7) is 13.3. The molecular formula is C16H32N2S. The largest absolute Gasteiger partial charge is 0.308 e. The summed E-state index contributed by atoms with van der Waals surface area (Å²) >= 11 is 1.98. The van der Waals surface area contributed by atoms with Gasteiger partial charge in [-0.05, 0) is 49.5 Å². The molecule has 0 aromatic rings. The molecule has 0 aromatic heterocycles. The summed E-state index contributed by atoms with van der Waals surface area (Å²) in [7, 11) is 0. The number of hydrogen-bond acceptors (Lipinski definition) is 3. The third-order valence-electron chi connectivity index (χ3n) is 4.96. The van der Waals surface area contributed by atoms with Crippen LogP contribution < -0.4 is 5.32 Å². The second-order valence-corrected chi connectivity index (χ2v) is 8.28. The molecule has 3 heteroatoms. The van der Waals surface area contributed by atoms with Gasteiger partial charge in [-0.3, -0.25) is 4.90 Å². The summed E-state index contributed by atoms with van der Waals surface area (Å²) in [4.78, 5) is 2.79. The highest BCUT2D eigenvalue weighted by molar-refractivity contribution is 7.98. The van der Waals surface area contributed by atoms with Crippen molar-refractivity contribution >= 4 is 11.8 Å². The maximum atomic E-state index is 3.88. The van der Waals surface area contributed by atoms with E-state index in [-0.39, 0.29) is 0 Å². The van der Waals surface area contributed by atoms with Crippen molar-refractivity contribution in [2.75, 3.05) is 31.6 Å².